The highest BCUT2D eigenvalue weighted by molar-refractivity contribution is 5.91. The SMILES string of the molecule is COc1c(C[C@@H](O)C(C)(C)O)c(=O)n(C)c2c(OC)cccc12. The lowest BCUT2D eigenvalue weighted by Crippen LogP contribution is -2.39. The van der Waals surface area contributed by atoms with Crippen LogP contribution in [0.3, 0.4) is 0 Å². The number of pyridine rings is 1. The molecule has 0 spiro atoms. The summed E-state index contributed by atoms with van der Waals surface area (Å²) in [5, 5.41) is 20.8. The molecule has 1 heterocycles. The topological polar surface area (TPSA) is 80.9 Å². The standard InChI is InChI=1S/C17H23NO5/c1-17(2,21)13(19)9-11-15(23-5)10-7-6-8-12(22-4)14(10)18(3)16(11)20/h6-8,13,19,21H,9H2,1-5H3/t13-/m1/s1. The van der Waals surface area contributed by atoms with Crippen molar-refractivity contribution in [2.45, 2.75) is 32.0 Å². The van der Waals surface area contributed by atoms with Crippen LogP contribution in [0.5, 0.6) is 11.5 Å². The monoisotopic (exact) mass is 321 g/mol. The number of aryl methyl sites for hydroxylation is 1. The van der Waals surface area contributed by atoms with Crippen LogP contribution in [0.25, 0.3) is 10.9 Å². The summed E-state index contributed by atoms with van der Waals surface area (Å²) < 4.78 is 12.3. The van der Waals surface area contributed by atoms with E-state index in [0.717, 1.165) is 0 Å². The normalized spacial score (nSPS) is 13.2. The maximum atomic E-state index is 12.7. The first-order valence-corrected chi connectivity index (χ1v) is 7.35. The summed E-state index contributed by atoms with van der Waals surface area (Å²) >= 11 is 0. The molecule has 126 valence electrons. The molecule has 0 saturated carbocycles. The van der Waals surface area contributed by atoms with Gasteiger partial charge in [0.15, 0.2) is 0 Å². The third-order valence-electron chi connectivity index (χ3n) is 4.05. The van der Waals surface area contributed by atoms with E-state index < -0.39 is 11.7 Å². The first kappa shape index (κ1) is 17.3. The summed E-state index contributed by atoms with van der Waals surface area (Å²) in [6, 6.07) is 5.41. The fraction of sp³-hybridized carbons (Fsp3) is 0.471. The average Bonchev–Trinajstić information content (AvgIpc) is 2.50. The summed E-state index contributed by atoms with van der Waals surface area (Å²) in [5.74, 6) is 0.959. The minimum atomic E-state index is -1.32. The lowest BCUT2D eigenvalue weighted by molar-refractivity contribution is -0.0472. The molecule has 0 amide bonds. The molecule has 0 bridgehead atoms. The van der Waals surface area contributed by atoms with Crippen LogP contribution in [0.4, 0.5) is 0 Å². The van der Waals surface area contributed by atoms with Gasteiger partial charge in [-0.05, 0) is 26.0 Å². The van der Waals surface area contributed by atoms with Gasteiger partial charge in [0.25, 0.3) is 5.56 Å². The molecule has 6 nitrogen and oxygen atoms in total. The van der Waals surface area contributed by atoms with E-state index in [0.29, 0.717) is 28.0 Å². The van der Waals surface area contributed by atoms with E-state index in [4.69, 9.17) is 9.47 Å². The minimum Gasteiger partial charge on any atom is -0.496 e. The molecule has 0 aliphatic carbocycles. The Balaban J connectivity index is 2.77. The number of para-hydroxylation sites is 1. The van der Waals surface area contributed by atoms with Gasteiger partial charge in [-0.3, -0.25) is 4.79 Å². The number of fused-ring (bicyclic) bond motifs is 1. The molecule has 1 aromatic carbocycles. The van der Waals surface area contributed by atoms with Gasteiger partial charge in [0.05, 0.1) is 37.0 Å². The Hall–Kier alpha value is -2.05. The molecule has 2 N–H and O–H groups in total. The maximum absolute atomic E-state index is 12.7. The number of aliphatic hydroxyl groups excluding tert-OH is 1. The molecule has 0 aliphatic heterocycles. The first-order chi connectivity index (χ1) is 10.7. The molecule has 1 atom stereocenters. The van der Waals surface area contributed by atoms with Crippen molar-refractivity contribution in [3.63, 3.8) is 0 Å². The molecule has 2 rings (SSSR count). The number of methoxy groups -OCH3 is 2. The average molecular weight is 321 g/mol. The lowest BCUT2D eigenvalue weighted by atomic mass is 9.94. The Morgan fingerprint density at radius 2 is 1.91 bits per heavy atom. The van der Waals surface area contributed by atoms with Crippen LogP contribution in [-0.4, -0.2) is 40.7 Å². The molecule has 1 aromatic heterocycles. The second-order valence-corrected chi connectivity index (χ2v) is 6.11. The second kappa shape index (κ2) is 6.22. The van der Waals surface area contributed by atoms with Crippen molar-refractivity contribution in [2.24, 2.45) is 7.05 Å². The molecule has 2 aromatic rings. The van der Waals surface area contributed by atoms with Crippen molar-refractivity contribution >= 4 is 10.9 Å². The van der Waals surface area contributed by atoms with Gasteiger partial charge in [0, 0.05) is 18.9 Å². The van der Waals surface area contributed by atoms with Gasteiger partial charge >= 0.3 is 0 Å². The summed E-state index contributed by atoms with van der Waals surface area (Å²) in [5.41, 5.74) is -0.662. The van der Waals surface area contributed by atoms with Crippen LogP contribution in [0.1, 0.15) is 19.4 Å². The smallest absolute Gasteiger partial charge is 0.257 e. The van der Waals surface area contributed by atoms with Crippen LogP contribution in [-0.2, 0) is 13.5 Å². The third kappa shape index (κ3) is 3.04. The minimum absolute atomic E-state index is 0.00744. The maximum Gasteiger partial charge on any atom is 0.257 e. The number of nitrogens with zero attached hydrogens (tertiary/aromatic N) is 1. The number of aromatic nitrogens is 1. The van der Waals surface area contributed by atoms with Gasteiger partial charge in [-0.15, -0.1) is 0 Å². The van der Waals surface area contributed by atoms with Crippen molar-refractivity contribution in [2.75, 3.05) is 14.2 Å². The Morgan fingerprint density at radius 1 is 1.26 bits per heavy atom. The van der Waals surface area contributed by atoms with E-state index in [9.17, 15) is 15.0 Å². The van der Waals surface area contributed by atoms with Crippen LogP contribution in [0.2, 0.25) is 0 Å². The third-order valence-corrected chi connectivity index (χ3v) is 4.05. The van der Waals surface area contributed by atoms with E-state index in [-0.39, 0.29) is 12.0 Å². The number of benzene rings is 1. The summed E-state index contributed by atoms with van der Waals surface area (Å²) in [6.45, 7) is 3.00. The summed E-state index contributed by atoms with van der Waals surface area (Å²) in [6.07, 6.45) is -1.10. The van der Waals surface area contributed by atoms with Gasteiger partial charge in [0.1, 0.15) is 11.5 Å². The zero-order valence-electron chi connectivity index (χ0n) is 14.1. The zero-order chi connectivity index (χ0) is 17.4. The van der Waals surface area contributed by atoms with Gasteiger partial charge in [0.2, 0.25) is 0 Å². The number of rotatable bonds is 5. The van der Waals surface area contributed by atoms with Crippen molar-refractivity contribution < 1.29 is 19.7 Å². The highest BCUT2D eigenvalue weighted by Crippen LogP contribution is 2.33. The molecule has 0 aliphatic rings. The van der Waals surface area contributed by atoms with Gasteiger partial charge in [-0.1, -0.05) is 6.07 Å². The molecule has 0 radical (unpaired) electrons. The fourth-order valence-corrected chi connectivity index (χ4v) is 2.64. The number of ether oxygens (including phenoxy) is 2. The van der Waals surface area contributed by atoms with E-state index in [1.165, 1.54) is 32.6 Å². The van der Waals surface area contributed by atoms with E-state index in [1.54, 1.807) is 13.1 Å². The van der Waals surface area contributed by atoms with Crippen LogP contribution in [0.15, 0.2) is 23.0 Å². The highest BCUT2D eigenvalue weighted by atomic mass is 16.5. The van der Waals surface area contributed by atoms with Gasteiger partial charge in [-0.2, -0.15) is 0 Å². The van der Waals surface area contributed by atoms with Crippen molar-refractivity contribution in [3.05, 3.63) is 34.1 Å². The second-order valence-electron chi connectivity index (χ2n) is 6.11. The quantitative estimate of drug-likeness (QED) is 0.866. The largest absolute Gasteiger partial charge is 0.496 e. The highest BCUT2D eigenvalue weighted by Gasteiger charge is 2.28. The molecule has 0 unspecified atom stereocenters. The van der Waals surface area contributed by atoms with Crippen LogP contribution < -0.4 is 15.0 Å². The Kier molecular flexibility index (Phi) is 4.68. The number of hydrogen-bond donors (Lipinski definition) is 2. The predicted octanol–water partition coefficient (Wildman–Crippen LogP) is 1.23. The number of hydrogen-bond acceptors (Lipinski definition) is 5. The van der Waals surface area contributed by atoms with E-state index in [2.05, 4.69) is 0 Å². The van der Waals surface area contributed by atoms with Crippen LogP contribution in [0, 0.1) is 0 Å². The van der Waals surface area contributed by atoms with Crippen molar-refractivity contribution in [3.8, 4) is 11.5 Å². The Labute approximate surface area is 134 Å². The molecule has 0 fully saturated rings. The molecular formula is C17H23NO5. The fourth-order valence-electron chi connectivity index (χ4n) is 2.64. The molecular weight excluding hydrogens is 298 g/mol. The molecule has 23 heavy (non-hydrogen) atoms. The van der Waals surface area contributed by atoms with Crippen molar-refractivity contribution in [1.29, 1.82) is 0 Å². The summed E-state index contributed by atoms with van der Waals surface area (Å²) in [4.78, 5) is 12.7. The van der Waals surface area contributed by atoms with Gasteiger partial charge < -0.3 is 24.3 Å². The Bertz CT molecular complexity index is 773. The summed E-state index contributed by atoms with van der Waals surface area (Å²) in [7, 11) is 4.66. The van der Waals surface area contributed by atoms with Crippen LogP contribution >= 0.6 is 0 Å². The zero-order valence-corrected chi connectivity index (χ0v) is 14.1. The molecule has 0 saturated heterocycles. The predicted molar refractivity (Wildman–Crippen MR) is 88.3 cm³/mol. The Morgan fingerprint density at radius 3 is 2.43 bits per heavy atom. The van der Waals surface area contributed by atoms with Crippen molar-refractivity contribution in [1.82, 2.24) is 4.57 Å². The first-order valence-electron chi connectivity index (χ1n) is 7.35. The molecule has 6 heteroatoms. The lowest BCUT2D eigenvalue weighted by Gasteiger charge is -2.25. The van der Waals surface area contributed by atoms with E-state index >= 15 is 0 Å². The van der Waals surface area contributed by atoms with Gasteiger partial charge in [-0.25, -0.2) is 0 Å². The number of aliphatic hydroxyl groups is 2. The van der Waals surface area contributed by atoms with E-state index in [1.807, 2.05) is 12.1 Å².